The van der Waals surface area contributed by atoms with Gasteiger partial charge in [-0.3, -0.25) is 4.79 Å². The molecule has 0 spiro atoms. The van der Waals surface area contributed by atoms with E-state index in [4.69, 9.17) is 4.74 Å². The number of carboxylic acid groups (broad SMARTS) is 1. The van der Waals surface area contributed by atoms with Gasteiger partial charge in [0.1, 0.15) is 18.7 Å². The molecule has 3 atom stereocenters. The highest BCUT2D eigenvalue weighted by Crippen LogP contribution is 2.44. The standard InChI is InChI=1S/C25H28N2O6S/c1-34-11-10-21(23(29)27-13-15(28)12-22(27)24(30)31)26-25(32)33-14-20-18-8-4-2-6-16(18)17-7-3-5-9-19(17)20/h2-9,15,20-22,28H,10-14H2,1H3,(H,26,32)(H,30,31). The molecule has 9 heteroatoms. The van der Waals surface area contributed by atoms with Gasteiger partial charge in [-0.05, 0) is 40.7 Å². The van der Waals surface area contributed by atoms with Gasteiger partial charge in [0.15, 0.2) is 0 Å². The Bertz CT molecular complexity index is 1030. The van der Waals surface area contributed by atoms with Crippen LogP contribution in [-0.4, -0.2) is 76.4 Å². The smallest absolute Gasteiger partial charge is 0.407 e. The lowest BCUT2D eigenvalue weighted by molar-refractivity contribution is -0.149. The summed E-state index contributed by atoms with van der Waals surface area (Å²) in [7, 11) is 0. The van der Waals surface area contributed by atoms with Gasteiger partial charge in [0, 0.05) is 18.9 Å². The van der Waals surface area contributed by atoms with Gasteiger partial charge in [0.05, 0.1) is 6.10 Å². The first-order valence-corrected chi connectivity index (χ1v) is 12.6. The highest BCUT2D eigenvalue weighted by atomic mass is 32.2. The lowest BCUT2D eigenvalue weighted by Crippen LogP contribution is -2.52. The summed E-state index contributed by atoms with van der Waals surface area (Å²) in [6, 6.07) is 14.0. The highest BCUT2D eigenvalue weighted by Gasteiger charge is 2.41. The van der Waals surface area contributed by atoms with Crippen molar-refractivity contribution in [1.82, 2.24) is 10.2 Å². The Balaban J connectivity index is 1.44. The molecule has 1 aliphatic heterocycles. The predicted molar refractivity (Wildman–Crippen MR) is 129 cm³/mol. The maximum absolute atomic E-state index is 13.1. The third-order valence-corrected chi connectivity index (χ3v) is 7.04. The number of carbonyl (C=O) groups is 3. The summed E-state index contributed by atoms with van der Waals surface area (Å²) in [4.78, 5) is 38.5. The van der Waals surface area contributed by atoms with Gasteiger partial charge in [-0.15, -0.1) is 0 Å². The second-order valence-corrected chi connectivity index (χ2v) is 9.52. The normalized spacial score (nSPS) is 19.9. The molecule has 0 bridgehead atoms. The summed E-state index contributed by atoms with van der Waals surface area (Å²) in [6.07, 6.45) is 0.549. The molecule has 0 radical (unpaired) electrons. The lowest BCUT2D eigenvalue weighted by atomic mass is 9.98. The number of benzene rings is 2. The molecule has 1 fully saturated rings. The van der Waals surface area contributed by atoms with E-state index in [0.29, 0.717) is 12.2 Å². The summed E-state index contributed by atoms with van der Waals surface area (Å²) >= 11 is 1.51. The van der Waals surface area contributed by atoms with Crippen molar-refractivity contribution in [2.45, 2.75) is 36.9 Å². The van der Waals surface area contributed by atoms with Crippen LogP contribution in [0.4, 0.5) is 4.79 Å². The van der Waals surface area contributed by atoms with E-state index < -0.39 is 36.2 Å². The van der Waals surface area contributed by atoms with Crippen molar-refractivity contribution in [3.05, 3.63) is 59.7 Å². The van der Waals surface area contributed by atoms with Gasteiger partial charge in [0.2, 0.25) is 5.91 Å². The predicted octanol–water partition coefficient (Wildman–Crippen LogP) is 2.69. The van der Waals surface area contributed by atoms with E-state index >= 15 is 0 Å². The second kappa shape index (κ2) is 10.5. The van der Waals surface area contributed by atoms with Gasteiger partial charge in [-0.25, -0.2) is 9.59 Å². The number of aliphatic hydroxyl groups is 1. The zero-order valence-electron chi connectivity index (χ0n) is 18.8. The largest absolute Gasteiger partial charge is 0.480 e. The average molecular weight is 485 g/mol. The quantitative estimate of drug-likeness (QED) is 0.528. The second-order valence-electron chi connectivity index (χ2n) is 8.54. The number of nitrogens with zero attached hydrogens (tertiary/aromatic N) is 1. The fraction of sp³-hybridized carbons (Fsp3) is 0.400. The minimum absolute atomic E-state index is 0.0265. The van der Waals surface area contributed by atoms with Gasteiger partial charge in [-0.1, -0.05) is 48.5 Å². The molecule has 3 unspecified atom stereocenters. The van der Waals surface area contributed by atoms with Crippen LogP contribution in [0.15, 0.2) is 48.5 Å². The molecule has 2 amide bonds. The zero-order valence-corrected chi connectivity index (χ0v) is 19.7. The van der Waals surface area contributed by atoms with Gasteiger partial charge in [0.25, 0.3) is 0 Å². The number of aliphatic hydroxyl groups excluding tert-OH is 1. The highest BCUT2D eigenvalue weighted by molar-refractivity contribution is 7.98. The third kappa shape index (κ3) is 4.90. The van der Waals surface area contributed by atoms with Crippen LogP contribution < -0.4 is 5.32 Å². The van der Waals surface area contributed by atoms with E-state index in [1.165, 1.54) is 11.8 Å². The number of β-amino-alcohol motifs (C(OH)–C–C–N with tert-alkyl or cyclic N) is 1. The first-order valence-electron chi connectivity index (χ1n) is 11.2. The maximum Gasteiger partial charge on any atom is 0.407 e. The fourth-order valence-electron chi connectivity index (χ4n) is 4.77. The number of hydrogen-bond acceptors (Lipinski definition) is 6. The molecule has 8 nitrogen and oxygen atoms in total. The number of ether oxygens (including phenoxy) is 1. The number of thioether (sulfide) groups is 1. The van der Waals surface area contributed by atoms with Crippen LogP contribution in [0.5, 0.6) is 0 Å². The van der Waals surface area contributed by atoms with Crippen LogP contribution in [0, 0.1) is 0 Å². The Kier molecular flexibility index (Phi) is 7.43. The topological polar surface area (TPSA) is 116 Å². The number of rotatable bonds is 8. The average Bonchev–Trinajstić information content (AvgIpc) is 3.38. The number of likely N-dealkylation sites (tertiary alicyclic amines) is 1. The number of alkyl carbamates (subject to hydrolysis) is 1. The number of nitrogens with one attached hydrogen (secondary N) is 1. The van der Waals surface area contributed by atoms with E-state index in [1.54, 1.807) is 0 Å². The molecule has 3 N–H and O–H groups in total. The minimum atomic E-state index is -1.17. The molecule has 0 aromatic heterocycles. The SMILES string of the molecule is CSCCC(NC(=O)OCC1c2ccccc2-c2ccccc21)C(=O)N1CC(O)CC1C(=O)O. The summed E-state index contributed by atoms with van der Waals surface area (Å²) in [5.41, 5.74) is 4.41. The fourth-order valence-corrected chi connectivity index (χ4v) is 5.24. The summed E-state index contributed by atoms with van der Waals surface area (Å²) in [5.74, 6) is -1.21. The molecule has 2 aromatic rings. The molecule has 180 valence electrons. The zero-order chi connectivity index (χ0) is 24.2. The molecule has 4 rings (SSSR count). The first-order chi connectivity index (χ1) is 16.4. The summed E-state index contributed by atoms with van der Waals surface area (Å²) in [5, 5.41) is 22.0. The summed E-state index contributed by atoms with van der Waals surface area (Å²) in [6.45, 7) is 0.0431. The van der Waals surface area contributed by atoms with E-state index in [9.17, 15) is 24.6 Å². The number of carbonyl (C=O) groups excluding carboxylic acids is 2. The summed E-state index contributed by atoms with van der Waals surface area (Å²) < 4.78 is 5.57. The van der Waals surface area contributed by atoms with Crippen LogP contribution in [0.25, 0.3) is 11.1 Å². The van der Waals surface area contributed by atoms with Crippen molar-refractivity contribution in [2.75, 3.05) is 25.2 Å². The minimum Gasteiger partial charge on any atom is -0.480 e. The molecular weight excluding hydrogens is 456 g/mol. The molecule has 2 aliphatic rings. The van der Waals surface area contributed by atoms with Gasteiger partial charge >= 0.3 is 12.1 Å². The van der Waals surface area contributed by atoms with Crippen LogP contribution in [-0.2, 0) is 14.3 Å². The number of amides is 2. The molecule has 1 saturated heterocycles. The van der Waals surface area contributed by atoms with Crippen LogP contribution in [0.1, 0.15) is 29.9 Å². The van der Waals surface area contributed by atoms with Crippen molar-refractivity contribution < 1.29 is 29.3 Å². The van der Waals surface area contributed by atoms with E-state index in [2.05, 4.69) is 17.4 Å². The van der Waals surface area contributed by atoms with Gasteiger partial charge in [-0.2, -0.15) is 11.8 Å². The molecule has 2 aromatic carbocycles. The van der Waals surface area contributed by atoms with E-state index in [-0.39, 0.29) is 25.5 Å². The number of hydrogen-bond donors (Lipinski definition) is 3. The van der Waals surface area contributed by atoms with Gasteiger partial charge < -0.3 is 25.2 Å². The van der Waals surface area contributed by atoms with Crippen molar-refractivity contribution in [3.8, 4) is 11.1 Å². The van der Waals surface area contributed by atoms with Crippen LogP contribution in [0.3, 0.4) is 0 Å². The Hall–Kier alpha value is -3.04. The Morgan fingerprint density at radius 1 is 1.12 bits per heavy atom. The van der Waals surface area contributed by atoms with Crippen molar-refractivity contribution in [3.63, 3.8) is 0 Å². The van der Waals surface area contributed by atoms with Crippen LogP contribution >= 0.6 is 11.8 Å². The van der Waals surface area contributed by atoms with E-state index in [1.807, 2.05) is 42.7 Å². The molecule has 1 aliphatic carbocycles. The molecular formula is C25H28N2O6S. The van der Waals surface area contributed by atoms with Crippen molar-refractivity contribution in [1.29, 1.82) is 0 Å². The number of carboxylic acids is 1. The van der Waals surface area contributed by atoms with Crippen molar-refractivity contribution in [2.24, 2.45) is 0 Å². The third-order valence-electron chi connectivity index (χ3n) is 6.39. The molecule has 34 heavy (non-hydrogen) atoms. The lowest BCUT2D eigenvalue weighted by Gasteiger charge is -2.27. The van der Waals surface area contributed by atoms with Crippen molar-refractivity contribution >= 4 is 29.7 Å². The first kappa shape index (κ1) is 24.1. The Labute approximate surface area is 202 Å². The van der Waals surface area contributed by atoms with Crippen LogP contribution in [0.2, 0.25) is 0 Å². The Morgan fingerprint density at radius 3 is 2.32 bits per heavy atom. The Morgan fingerprint density at radius 2 is 1.74 bits per heavy atom. The monoisotopic (exact) mass is 484 g/mol. The number of fused-ring (bicyclic) bond motifs is 3. The molecule has 1 heterocycles. The number of aliphatic carboxylic acids is 1. The molecule has 0 saturated carbocycles. The van der Waals surface area contributed by atoms with E-state index in [0.717, 1.165) is 27.2 Å². The maximum atomic E-state index is 13.1.